The molecule has 0 amide bonds. The molecule has 0 N–H and O–H groups in total. The van der Waals surface area contributed by atoms with Crippen molar-refractivity contribution in [3.63, 3.8) is 0 Å². The molecule has 0 spiro atoms. The number of ether oxygens (including phenoxy) is 1. The zero-order valence-corrected chi connectivity index (χ0v) is 7.23. The monoisotopic (exact) mass is 144 g/mol. The van der Waals surface area contributed by atoms with Gasteiger partial charge in [0.1, 0.15) is 0 Å². The molecule has 0 aromatic carbocycles. The average molecular weight is 144 g/mol. The van der Waals surface area contributed by atoms with E-state index >= 15 is 0 Å². The first-order valence-corrected chi connectivity index (χ1v) is 3.55. The molecular weight excluding hydrogens is 128 g/mol. The minimum Gasteiger partial charge on any atom is -0.466 e. The fourth-order valence-electron chi connectivity index (χ4n) is 0.501. The molecule has 0 aromatic rings. The van der Waals surface area contributed by atoms with Crippen LogP contribution in [0.25, 0.3) is 0 Å². The van der Waals surface area contributed by atoms with Crippen LogP contribution in [0.4, 0.5) is 0 Å². The maximum Gasteiger partial charge on any atom is 0.302 e. The van der Waals surface area contributed by atoms with Crippen LogP contribution in [0, 0.1) is 5.41 Å². The molecule has 0 unspecified atom stereocenters. The van der Waals surface area contributed by atoms with Crippen LogP contribution in [-0.4, -0.2) is 12.6 Å². The normalized spacial score (nSPS) is 11.2. The highest BCUT2D eigenvalue weighted by Gasteiger charge is 2.09. The van der Waals surface area contributed by atoms with E-state index in [1.54, 1.807) is 0 Å². The molecule has 0 aliphatic heterocycles. The number of carbonyl (C=O) groups is 1. The lowest BCUT2D eigenvalue weighted by atomic mass is 9.93. The standard InChI is InChI=1S/C8H16O2/c1-7(9)10-6-5-8(2,3)4/h5-6H2,1-4H3. The summed E-state index contributed by atoms with van der Waals surface area (Å²) in [7, 11) is 0. The van der Waals surface area contributed by atoms with Crippen molar-refractivity contribution in [1.82, 2.24) is 0 Å². The highest BCUT2D eigenvalue weighted by molar-refractivity contribution is 5.65. The molecule has 0 fully saturated rings. The fraction of sp³-hybridized carbons (Fsp3) is 0.875. The van der Waals surface area contributed by atoms with Gasteiger partial charge < -0.3 is 4.74 Å². The van der Waals surface area contributed by atoms with Crippen molar-refractivity contribution in [2.45, 2.75) is 34.1 Å². The molecule has 60 valence electrons. The topological polar surface area (TPSA) is 26.3 Å². The molecule has 0 saturated carbocycles. The van der Waals surface area contributed by atoms with E-state index in [4.69, 9.17) is 4.74 Å². The van der Waals surface area contributed by atoms with Crippen molar-refractivity contribution in [3.8, 4) is 0 Å². The van der Waals surface area contributed by atoms with Gasteiger partial charge in [-0.05, 0) is 11.8 Å². The molecule has 0 aliphatic rings. The van der Waals surface area contributed by atoms with Crippen LogP contribution in [0.5, 0.6) is 0 Å². The third-order valence-electron chi connectivity index (χ3n) is 1.16. The lowest BCUT2D eigenvalue weighted by molar-refractivity contribution is -0.141. The van der Waals surface area contributed by atoms with Gasteiger partial charge in [0.25, 0.3) is 0 Å². The Morgan fingerprint density at radius 3 is 2.20 bits per heavy atom. The Kier molecular flexibility index (Phi) is 3.40. The van der Waals surface area contributed by atoms with E-state index in [2.05, 4.69) is 20.8 Å². The first kappa shape index (κ1) is 9.47. The van der Waals surface area contributed by atoms with E-state index < -0.39 is 0 Å². The van der Waals surface area contributed by atoms with Crippen LogP contribution in [0.15, 0.2) is 0 Å². The predicted octanol–water partition coefficient (Wildman–Crippen LogP) is 1.99. The van der Waals surface area contributed by atoms with Crippen molar-refractivity contribution < 1.29 is 9.53 Å². The van der Waals surface area contributed by atoms with E-state index in [1.165, 1.54) is 6.92 Å². The Balaban J connectivity index is 3.29. The maximum absolute atomic E-state index is 10.3. The van der Waals surface area contributed by atoms with Gasteiger partial charge in [-0.3, -0.25) is 4.79 Å². The zero-order valence-electron chi connectivity index (χ0n) is 7.23. The molecule has 2 nitrogen and oxygen atoms in total. The van der Waals surface area contributed by atoms with E-state index in [1.807, 2.05) is 0 Å². The van der Waals surface area contributed by atoms with Crippen LogP contribution in [0.2, 0.25) is 0 Å². The molecular formula is C8H16O2. The second kappa shape index (κ2) is 3.59. The predicted molar refractivity (Wildman–Crippen MR) is 40.7 cm³/mol. The summed E-state index contributed by atoms with van der Waals surface area (Å²) >= 11 is 0. The van der Waals surface area contributed by atoms with Gasteiger partial charge >= 0.3 is 5.97 Å². The third-order valence-corrected chi connectivity index (χ3v) is 1.16. The van der Waals surface area contributed by atoms with Gasteiger partial charge in [0.05, 0.1) is 6.61 Å². The van der Waals surface area contributed by atoms with Gasteiger partial charge in [-0.25, -0.2) is 0 Å². The van der Waals surface area contributed by atoms with Crippen LogP contribution in [0.1, 0.15) is 34.1 Å². The lowest BCUT2D eigenvalue weighted by Crippen LogP contribution is -2.11. The van der Waals surface area contributed by atoms with E-state index in [0.29, 0.717) is 6.61 Å². The molecule has 0 aromatic heterocycles. The zero-order chi connectivity index (χ0) is 8.20. The molecule has 0 atom stereocenters. The molecule has 2 heteroatoms. The van der Waals surface area contributed by atoms with Gasteiger partial charge in [-0.15, -0.1) is 0 Å². The van der Waals surface area contributed by atoms with Gasteiger partial charge in [0.15, 0.2) is 0 Å². The molecule has 0 heterocycles. The Morgan fingerprint density at radius 1 is 1.40 bits per heavy atom. The van der Waals surface area contributed by atoms with Crippen LogP contribution in [-0.2, 0) is 9.53 Å². The fourth-order valence-corrected chi connectivity index (χ4v) is 0.501. The summed E-state index contributed by atoms with van der Waals surface area (Å²) in [6.45, 7) is 8.34. The summed E-state index contributed by atoms with van der Waals surface area (Å²) in [5.74, 6) is -0.191. The molecule has 0 saturated heterocycles. The molecule has 0 rings (SSSR count). The second-order valence-corrected chi connectivity index (χ2v) is 3.65. The van der Waals surface area contributed by atoms with Gasteiger partial charge in [0, 0.05) is 6.92 Å². The first-order valence-electron chi connectivity index (χ1n) is 3.55. The highest BCUT2D eigenvalue weighted by Crippen LogP contribution is 2.17. The second-order valence-electron chi connectivity index (χ2n) is 3.65. The highest BCUT2D eigenvalue weighted by atomic mass is 16.5. The number of hydrogen-bond donors (Lipinski definition) is 0. The van der Waals surface area contributed by atoms with Gasteiger partial charge in [0.2, 0.25) is 0 Å². The summed E-state index contributed by atoms with van der Waals surface area (Å²) in [4.78, 5) is 10.3. The summed E-state index contributed by atoms with van der Waals surface area (Å²) in [5.41, 5.74) is 0.259. The quantitative estimate of drug-likeness (QED) is 0.554. The molecule has 10 heavy (non-hydrogen) atoms. The molecule has 0 radical (unpaired) electrons. The van der Waals surface area contributed by atoms with E-state index in [9.17, 15) is 4.79 Å². The Hall–Kier alpha value is -0.530. The maximum atomic E-state index is 10.3. The Bertz CT molecular complexity index is 111. The number of hydrogen-bond acceptors (Lipinski definition) is 2. The average Bonchev–Trinajstić information content (AvgIpc) is 1.59. The van der Waals surface area contributed by atoms with E-state index in [-0.39, 0.29) is 11.4 Å². The van der Waals surface area contributed by atoms with Gasteiger partial charge in [-0.2, -0.15) is 0 Å². The largest absolute Gasteiger partial charge is 0.466 e. The van der Waals surface area contributed by atoms with Crippen molar-refractivity contribution in [1.29, 1.82) is 0 Å². The lowest BCUT2D eigenvalue weighted by Gasteiger charge is -2.16. The first-order chi connectivity index (χ1) is 4.42. The van der Waals surface area contributed by atoms with Crippen molar-refractivity contribution >= 4 is 5.97 Å². The van der Waals surface area contributed by atoms with Crippen LogP contribution in [0.3, 0.4) is 0 Å². The van der Waals surface area contributed by atoms with Gasteiger partial charge in [-0.1, -0.05) is 20.8 Å². The van der Waals surface area contributed by atoms with Crippen molar-refractivity contribution in [2.75, 3.05) is 6.61 Å². The van der Waals surface area contributed by atoms with Crippen LogP contribution >= 0.6 is 0 Å². The smallest absolute Gasteiger partial charge is 0.302 e. The minimum atomic E-state index is -0.191. The number of esters is 1. The minimum absolute atomic E-state index is 0.191. The third kappa shape index (κ3) is 7.47. The molecule has 0 bridgehead atoms. The summed E-state index contributed by atoms with van der Waals surface area (Å²) in [6.07, 6.45) is 0.923. The van der Waals surface area contributed by atoms with Crippen molar-refractivity contribution in [3.05, 3.63) is 0 Å². The van der Waals surface area contributed by atoms with Crippen LogP contribution < -0.4 is 0 Å². The summed E-state index contributed by atoms with van der Waals surface area (Å²) in [5, 5.41) is 0. The Morgan fingerprint density at radius 2 is 1.90 bits per heavy atom. The number of carbonyl (C=O) groups excluding carboxylic acids is 1. The Labute approximate surface area is 62.6 Å². The van der Waals surface area contributed by atoms with Crippen molar-refractivity contribution in [2.24, 2.45) is 5.41 Å². The summed E-state index contributed by atoms with van der Waals surface area (Å²) in [6, 6.07) is 0. The molecule has 0 aliphatic carbocycles. The van der Waals surface area contributed by atoms with E-state index in [0.717, 1.165) is 6.42 Å². The SMILES string of the molecule is CC(=O)OCCC(C)(C)C. The number of rotatable bonds is 2. The summed E-state index contributed by atoms with van der Waals surface area (Å²) < 4.78 is 4.78.